The molecule has 3 aromatic rings. The molecule has 0 spiro atoms. The fourth-order valence-corrected chi connectivity index (χ4v) is 3.66. The summed E-state index contributed by atoms with van der Waals surface area (Å²) < 4.78 is 3.24. The van der Waals surface area contributed by atoms with Crippen LogP contribution >= 0.6 is 43.2 Å². The Morgan fingerprint density at radius 2 is 1.89 bits per heavy atom. The van der Waals surface area contributed by atoms with E-state index in [9.17, 15) is 0 Å². The molecule has 18 heavy (non-hydrogen) atoms. The number of thiazole rings is 1. The van der Waals surface area contributed by atoms with Crippen molar-refractivity contribution < 1.29 is 0 Å². The molecule has 0 aliphatic heterocycles. The predicted octanol–water partition coefficient (Wildman–Crippen LogP) is 5.56. The lowest BCUT2D eigenvalue weighted by Crippen LogP contribution is -1.90. The molecule has 0 aliphatic carbocycles. The smallest absolute Gasteiger partial charge is 0.188 e. The van der Waals surface area contributed by atoms with Crippen molar-refractivity contribution in [3.63, 3.8) is 0 Å². The Balaban J connectivity index is 1.96. The molecule has 0 saturated heterocycles. The lowest BCUT2D eigenvalue weighted by atomic mass is 10.3. The van der Waals surface area contributed by atoms with Gasteiger partial charge in [-0.25, -0.2) is 4.98 Å². The molecule has 0 bridgehead atoms. The molecule has 2 aromatic carbocycles. The lowest BCUT2D eigenvalue weighted by molar-refractivity contribution is 1.43. The van der Waals surface area contributed by atoms with Crippen molar-refractivity contribution in [2.75, 3.05) is 5.32 Å². The van der Waals surface area contributed by atoms with Crippen molar-refractivity contribution >= 4 is 64.2 Å². The van der Waals surface area contributed by atoms with Crippen LogP contribution < -0.4 is 5.32 Å². The molecule has 90 valence electrons. The Kier molecular flexibility index (Phi) is 3.37. The first kappa shape index (κ1) is 12.1. The Labute approximate surface area is 125 Å². The third-order valence-corrected chi connectivity index (χ3v) is 4.57. The van der Waals surface area contributed by atoms with Crippen molar-refractivity contribution in [1.82, 2.24) is 4.98 Å². The predicted molar refractivity (Wildman–Crippen MR) is 84.7 cm³/mol. The topological polar surface area (TPSA) is 24.9 Å². The molecule has 1 heterocycles. The number of fused-ring (bicyclic) bond motifs is 1. The standard InChI is InChI=1S/C13H8Br2N2S/c14-8-5-6-10(9(15)7-8)16-13-17-11-3-1-2-4-12(11)18-13/h1-7H,(H,16,17). The summed E-state index contributed by atoms with van der Waals surface area (Å²) in [5.41, 5.74) is 2.04. The molecule has 0 amide bonds. The summed E-state index contributed by atoms with van der Waals surface area (Å²) in [5, 5.41) is 4.23. The molecule has 0 fully saturated rings. The molecule has 0 radical (unpaired) electrons. The van der Waals surface area contributed by atoms with E-state index in [-0.39, 0.29) is 0 Å². The highest BCUT2D eigenvalue weighted by Gasteiger charge is 2.05. The number of nitrogens with one attached hydrogen (secondary N) is 1. The van der Waals surface area contributed by atoms with Gasteiger partial charge in [-0.2, -0.15) is 0 Å². The summed E-state index contributed by atoms with van der Waals surface area (Å²) >= 11 is 8.62. The molecular formula is C13H8Br2N2S. The summed E-state index contributed by atoms with van der Waals surface area (Å²) in [6.07, 6.45) is 0. The molecule has 5 heteroatoms. The zero-order valence-corrected chi connectivity index (χ0v) is 13.1. The Morgan fingerprint density at radius 3 is 2.67 bits per heavy atom. The second kappa shape index (κ2) is 4.99. The Morgan fingerprint density at radius 1 is 1.06 bits per heavy atom. The van der Waals surface area contributed by atoms with E-state index in [1.807, 2.05) is 36.4 Å². The maximum Gasteiger partial charge on any atom is 0.188 e. The zero-order valence-electron chi connectivity index (χ0n) is 9.15. The van der Waals surface area contributed by atoms with Crippen molar-refractivity contribution in [1.29, 1.82) is 0 Å². The lowest BCUT2D eigenvalue weighted by Gasteiger charge is -2.05. The van der Waals surface area contributed by atoms with Crippen LogP contribution in [0.5, 0.6) is 0 Å². The van der Waals surface area contributed by atoms with Gasteiger partial charge in [0.05, 0.1) is 15.9 Å². The quantitative estimate of drug-likeness (QED) is 0.626. The van der Waals surface area contributed by atoms with Crippen LogP contribution in [0.4, 0.5) is 10.8 Å². The second-order valence-electron chi connectivity index (χ2n) is 3.74. The number of halogens is 2. The van der Waals surface area contributed by atoms with Crippen LogP contribution in [-0.4, -0.2) is 4.98 Å². The molecule has 0 aliphatic rings. The summed E-state index contributed by atoms with van der Waals surface area (Å²) in [7, 11) is 0. The number of anilines is 2. The highest BCUT2D eigenvalue weighted by atomic mass is 79.9. The fourth-order valence-electron chi connectivity index (χ4n) is 1.63. The van der Waals surface area contributed by atoms with E-state index in [2.05, 4.69) is 48.2 Å². The van der Waals surface area contributed by atoms with Crippen molar-refractivity contribution in [3.05, 3.63) is 51.4 Å². The minimum absolute atomic E-state index is 0.902. The number of hydrogen-bond donors (Lipinski definition) is 1. The van der Waals surface area contributed by atoms with Crippen LogP contribution in [0, 0.1) is 0 Å². The Hall–Kier alpha value is -0.910. The van der Waals surface area contributed by atoms with Crippen LogP contribution in [0.15, 0.2) is 51.4 Å². The van der Waals surface area contributed by atoms with Gasteiger partial charge >= 0.3 is 0 Å². The number of rotatable bonds is 2. The SMILES string of the molecule is Brc1ccc(Nc2nc3ccccc3s2)c(Br)c1. The molecule has 0 unspecified atom stereocenters. The van der Waals surface area contributed by atoms with Gasteiger partial charge in [0, 0.05) is 8.95 Å². The van der Waals surface area contributed by atoms with Crippen LogP contribution in [0.3, 0.4) is 0 Å². The zero-order chi connectivity index (χ0) is 12.5. The minimum Gasteiger partial charge on any atom is -0.331 e. The van der Waals surface area contributed by atoms with Gasteiger partial charge in [0.1, 0.15) is 0 Å². The van der Waals surface area contributed by atoms with Gasteiger partial charge in [-0.15, -0.1) is 0 Å². The molecule has 0 atom stereocenters. The summed E-state index contributed by atoms with van der Waals surface area (Å²) in [6.45, 7) is 0. The summed E-state index contributed by atoms with van der Waals surface area (Å²) in [6, 6.07) is 14.2. The molecule has 0 saturated carbocycles. The van der Waals surface area contributed by atoms with Gasteiger partial charge in [0.25, 0.3) is 0 Å². The minimum atomic E-state index is 0.902. The average molecular weight is 384 g/mol. The first-order chi connectivity index (χ1) is 8.72. The van der Waals surface area contributed by atoms with E-state index in [1.54, 1.807) is 11.3 Å². The van der Waals surface area contributed by atoms with E-state index in [0.717, 1.165) is 25.3 Å². The third kappa shape index (κ3) is 2.43. The van der Waals surface area contributed by atoms with E-state index in [4.69, 9.17) is 0 Å². The van der Waals surface area contributed by atoms with Crippen LogP contribution in [0.1, 0.15) is 0 Å². The van der Waals surface area contributed by atoms with Crippen LogP contribution in [0.25, 0.3) is 10.2 Å². The van der Waals surface area contributed by atoms with Crippen LogP contribution in [0.2, 0.25) is 0 Å². The number of hydrogen-bond acceptors (Lipinski definition) is 3. The maximum absolute atomic E-state index is 4.55. The number of aromatic nitrogens is 1. The highest BCUT2D eigenvalue weighted by molar-refractivity contribution is 9.11. The van der Waals surface area contributed by atoms with E-state index in [0.29, 0.717) is 0 Å². The van der Waals surface area contributed by atoms with Crippen molar-refractivity contribution in [2.45, 2.75) is 0 Å². The fraction of sp³-hybridized carbons (Fsp3) is 0. The van der Waals surface area contributed by atoms with Gasteiger partial charge in [0.2, 0.25) is 0 Å². The van der Waals surface area contributed by atoms with Gasteiger partial charge < -0.3 is 5.32 Å². The molecule has 1 aromatic heterocycles. The average Bonchev–Trinajstić information content (AvgIpc) is 2.75. The summed E-state index contributed by atoms with van der Waals surface area (Å²) in [4.78, 5) is 4.55. The number of nitrogens with zero attached hydrogens (tertiary/aromatic N) is 1. The van der Waals surface area contributed by atoms with Gasteiger partial charge in [-0.05, 0) is 46.3 Å². The third-order valence-electron chi connectivity index (χ3n) is 2.47. The van der Waals surface area contributed by atoms with Crippen LogP contribution in [-0.2, 0) is 0 Å². The van der Waals surface area contributed by atoms with E-state index >= 15 is 0 Å². The maximum atomic E-state index is 4.55. The molecular weight excluding hydrogens is 376 g/mol. The number of para-hydroxylation sites is 1. The van der Waals surface area contributed by atoms with Crippen molar-refractivity contribution in [2.24, 2.45) is 0 Å². The monoisotopic (exact) mass is 382 g/mol. The normalized spacial score (nSPS) is 10.8. The molecule has 3 rings (SSSR count). The van der Waals surface area contributed by atoms with Gasteiger partial charge in [-0.3, -0.25) is 0 Å². The Bertz CT molecular complexity index is 676. The molecule has 1 N–H and O–H groups in total. The van der Waals surface area contributed by atoms with E-state index in [1.165, 1.54) is 4.70 Å². The van der Waals surface area contributed by atoms with E-state index < -0.39 is 0 Å². The van der Waals surface area contributed by atoms with Gasteiger partial charge in [-0.1, -0.05) is 39.4 Å². The largest absolute Gasteiger partial charge is 0.331 e. The highest BCUT2D eigenvalue weighted by Crippen LogP contribution is 2.32. The van der Waals surface area contributed by atoms with Crippen molar-refractivity contribution in [3.8, 4) is 0 Å². The number of benzene rings is 2. The first-order valence-electron chi connectivity index (χ1n) is 5.30. The second-order valence-corrected chi connectivity index (χ2v) is 6.54. The van der Waals surface area contributed by atoms with Gasteiger partial charge in [0.15, 0.2) is 5.13 Å². The summed E-state index contributed by atoms with van der Waals surface area (Å²) in [5.74, 6) is 0. The molecule has 2 nitrogen and oxygen atoms in total. The first-order valence-corrected chi connectivity index (χ1v) is 7.70.